The normalized spacial score (nSPS) is 12.1. The van der Waals surface area contributed by atoms with Gasteiger partial charge in [0.05, 0.1) is 16.7 Å². The van der Waals surface area contributed by atoms with E-state index in [-0.39, 0.29) is 11.4 Å². The van der Waals surface area contributed by atoms with Crippen molar-refractivity contribution < 1.29 is 13.5 Å². The third-order valence-corrected chi connectivity index (χ3v) is 2.65. The molecule has 0 aromatic heterocycles. The van der Waals surface area contributed by atoms with E-state index in [1.54, 1.807) is 6.26 Å². The fraction of sp³-hybridized carbons (Fsp3) is 0.333. The van der Waals surface area contributed by atoms with Crippen molar-refractivity contribution in [3.63, 3.8) is 0 Å². The lowest BCUT2D eigenvalue weighted by Crippen LogP contribution is -2.10. The highest BCUT2D eigenvalue weighted by Gasteiger charge is 2.10. The summed E-state index contributed by atoms with van der Waals surface area (Å²) in [6.45, 7) is 0.359. The molecule has 0 radical (unpaired) electrons. The molecule has 5 nitrogen and oxygen atoms in total. The largest absolute Gasteiger partial charge is 0.382 e. The summed E-state index contributed by atoms with van der Waals surface area (Å²) in [7, 11) is -0.951. The van der Waals surface area contributed by atoms with Gasteiger partial charge in [0.1, 0.15) is 0 Å². The molecule has 88 valence electrons. The Morgan fingerprint density at radius 3 is 2.75 bits per heavy atom. The minimum atomic E-state index is -0.951. The molecule has 0 aliphatic carbocycles. The summed E-state index contributed by atoms with van der Waals surface area (Å²) >= 11 is 0. The van der Waals surface area contributed by atoms with Crippen molar-refractivity contribution in [3.05, 3.63) is 34.1 Å². The van der Waals surface area contributed by atoms with Crippen LogP contribution in [0.25, 0.3) is 0 Å². The number of rotatable bonds is 5. The molecule has 0 spiro atoms. The fourth-order valence-corrected chi connectivity index (χ4v) is 1.48. The Bertz CT molecular complexity index is 425. The third kappa shape index (κ3) is 3.58. The number of benzene rings is 1. The van der Waals surface area contributed by atoms with Gasteiger partial charge in [0.15, 0.2) is 5.82 Å². The molecule has 0 bridgehead atoms. The van der Waals surface area contributed by atoms with Crippen LogP contribution in [-0.4, -0.2) is 27.7 Å². The number of nitro benzene ring substituents is 1. The van der Waals surface area contributed by atoms with Gasteiger partial charge >= 0.3 is 0 Å². The van der Waals surface area contributed by atoms with Crippen LogP contribution in [0.1, 0.15) is 0 Å². The summed E-state index contributed by atoms with van der Waals surface area (Å²) < 4.78 is 24.0. The van der Waals surface area contributed by atoms with Crippen LogP contribution in [0.4, 0.5) is 15.8 Å². The van der Waals surface area contributed by atoms with Crippen LogP contribution in [0, 0.1) is 15.9 Å². The molecule has 16 heavy (non-hydrogen) atoms. The monoisotopic (exact) mass is 246 g/mol. The summed E-state index contributed by atoms with van der Waals surface area (Å²) in [5.74, 6) is -0.285. The zero-order valence-electron chi connectivity index (χ0n) is 8.60. The first-order chi connectivity index (χ1) is 7.50. The SMILES string of the molecule is CS(=O)CCNc1ccc([N+](=O)[O-])cc1F. The quantitative estimate of drug-likeness (QED) is 0.631. The zero-order valence-corrected chi connectivity index (χ0v) is 9.42. The highest BCUT2D eigenvalue weighted by atomic mass is 32.2. The van der Waals surface area contributed by atoms with E-state index in [2.05, 4.69) is 5.32 Å². The minimum Gasteiger partial charge on any atom is -0.382 e. The molecular weight excluding hydrogens is 235 g/mol. The van der Waals surface area contributed by atoms with Crippen molar-refractivity contribution in [1.82, 2.24) is 0 Å². The van der Waals surface area contributed by atoms with Crippen molar-refractivity contribution in [3.8, 4) is 0 Å². The maximum Gasteiger partial charge on any atom is 0.272 e. The molecule has 0 amide bonds. The topological polar surface area (TPSA) is 72.2 Å². The molecule has 0 aliphatic rings. The number of hydrogen-bond acceptors (Lipinski definition) is 4. The average molecular weight is 246 g/mol. The predicted octanol–water partition coefficient (Wildman–Crippen LogP) is 1.52. The Labute approximate surface area is 94.3 Å². The molecule has 1 rings (SSSR count). The van der Waals surface area contributed by atoms with E-state index in [1.807, 2.05) is 0 Å². The Morgan fingerprint density at radius 1 is 1.56 bits per heavy atom. The number of nitrogens with zero attached hydrogens (tertiary/aromatic N) is 1. The van der Waals surface area contributed by atoms with Crippen molar-refractivity contribution in [2.75, 3.05) is 23.9 Å². The Kier molecular flexibility index (Phi) is 4.36. The third-order valence-electron chi connectivity index (χ3n) is 1.87. The lowest BCUT2D eigenvalue weighted by atomic mass is 10.2. The molecule has 0 saturated heterocycles. The molecule has 7 heteroatoms. The Balaban J connectivity index is 2.68. The van der Waals surface area contributed by atoms with E-state index >= 15 is 0 Å². The van der Waals surface area contributed by atoms with Crippen LogP contribution < -0.4 is 5.32 Å². The van der Waals surface area contributed by atoms with Crippen molar-refractivity contribution in [2.24, 2.45) is 0 Å². The van der Waals surface area contributed by atoms with Gasteiger partial charge in [0, 0.05) is 35.4 Å². The highest BCUT2D eigenvalue weighted by Crippen LogP contribution is 2.20. The summed E-state index contributed by atoms with van der Waals surface area (Å²) in [5.41, 5.74) is -0.113. The molecule has 1 aromatic rings. The van der Waals surface area contributed by atoms with Gasteiger partial charge in [0.25, 0.3) is 5.69 Å². The van der Waals surface area contributed by atoms with Crippen molar-refractivity contribution in [1.29, 1.82) is 0 Å². The van der Waals surface area contributed by atoms with Gasteiger partial charge in [-0.15, -0.1) is 0 Å². The second-order valence-electron chi connectivity index (χ2n) is 3.13. The highest BCUT2D eigenvalue weighted by molar-refractivity contribution is 7.84. The molecule has 1 aromatic carbocycles. The standard InChI is InChI=1S/C9H11FN2O3S/c1-16(15)5-4-11-9-3-2-7(12(13)14)6-8(9)10/h2-3,6,11H,4-5H2,1H3. The van der Waals surface area contributed by atoms with Crippen LogP contribution in [-0.2, 0) is 10.8 Å². The first kappa shape index (κ1) is 12.6. The van der Waals surface area contributed by atoms with Crippen molar-refractivity contribution in [2.45, 2.75) is 0 Å². The smallest absolute Gasteiger partial charge is 0.272 e. The molecule has 0 aliphatic heterocycles. The van der Waals surface area contributed by atoms with Gasteiger partial charge in [-0.2, -0.15) is 0 Å². The number of nitrogens with one attached hydrogen (secondary N) is 1. The molecule has 0 fully saturated rings. The van der Waals surface area contributed by atoms with E-state index < -0.39 is 21.5 Å². The van der Waals surface area contributed by atoms with Gasteiger partial charge in [0.2, 0.25) is 0 Å². The van der Waals surface area contributed by atoms with Gasteiger partial charge in [-0.25, -0.2) is 4.39 Å². The number of nitro groups is 1. The van der Waals surface area contributed by atoms with Gasteiger partial charge in [-0.3, -0.25) is 14.3 Å². The summed E-state index contributed by atoms with van der Waals surface area (Å²) in [4.78, 5) is 9.69. The number of anilines is 1. The van der Waals surface area contributed by atoms with E-state index in [4.69, 9.17) is 0 Å². The fourth-order valence-electron chi connectivity index (χ4n) is 1.09. The molecule has 1 unspecified atom stereocenters. The summed E-state index contributed by atoms with van der Waals surface area (Å²) in [6.07, 6.45) is 1.55. The van der Waals surface area contributed by atoms with Crippen molar-refractivity contribution >= 4 is 22.2 Å². The van der Waals surface area contributed by atoms with E-state index in [1.165, 1.54) is 12.1 Å². The first-order valence-electron chi connectivity index (χ1n) is 4.48. The minimum absolute atomic E-state index is 0.177. The van der Waals surface area contributed by atoms with E-state index in [9.17, 15) is 18.7 Å². The van der Waals surface area contributed by atoms with Crippen LogP contribution in [0.3, 0.4) is 0 Å². The Hall–Kier alpha value is -1.50. The molecule has 0 saturated carbocycles. The van der Waals surface area contributed by atoms with Gasteiger partial charge in [-0.05, 0) is 6.07 Å². The second kappa shape index (κ2) is 5.55. The Morgan fingerprint density at radius 2 is 2.25 bits per heavy atom. The maximum absolute atomic E-state index is 13.3. The molecular formula is C9H11FN2O3S. The van der Waals surface area contributed by atoms with E-state index in [0.717, 1.165) is 6.07 Å². The predicted molar refractivity (Wildman–Crippen MR) is 60.5 cm³/mol. The van der Waals surface area contributed by atoms with Crippen LogP contribution in [0.5, 0.6) is 0 Å². The number of hydrogen-bond donors (Lipinski definition) is 1. The maximum atomic E-state index is 13.3. The van der Waals surface area contributed by atoms with Gasteiger partial charge < -0.3 is 5.32 Å². The average Bonchev–Trinajstić information content (AvgIpc) is 2.19. The van der Waals surface area contributed by atoms with Crippen LogP contribution in [0.2, 0.25) is 0 Å². The van der Waals surface area contributed by atoms with Gasteiger partial charge in [-0.1, -0.05) is 0 Å². The molecule has 1 atom stereocenters. The number of halogens is 1. The summed E-state index contributed by atoms with van der Waals surface area (Å²) in [5, 5.41) is 13.1. The lowest BCUT2D eigenvalue weighted by Gasteiger charge is -2.05. The molecule has 1 N–H and O–H groups in total. The molecule has 0 heterocycles. The lowest BCUT2D eigenvalue weighted by molar-refractivity contribution is -0.385. The first-order valence-corrected chi connectivity index (χ1v) is 6.21. The number of non-ortho nitro benzene ring substituents is 1. The summed E-state index contributed by atoms with van der Waals surface area (Å²) in [6, 6.07) is 3.37. The van der Waals surface area contributed by atoms with Crippen LogP contribution in [0.15, 0.2) is 18.2 Å². The second-order valence-corrected chi connectivity index (χ2v) is 4.68. The zero-order chi connectivity index (χ0) is 12.1. The van der Waals surface area contributed by atoms with E-state index in [0.29, 0.717) is 12.3 Å². The van der Waals surface area contributed by atoms with Crippen LogP contribution >= 0.6 is 0 Å².